The fourth-order valence-corrected chi connectivity index (χ4v) is 4.28. The third-order valence-corrected chi connectivity index (χ3v) is 6.04. The Labute approximate surface area is 200 Å². The van der Waals surface area contributed by atoms with Crippen LogP contribution in [0.3, 0.4) is 0 Å². The number of imidazole rings is 1. The van der Waals surface area contributed by atoms with Crippen LogP contribution in [-0.4, -0.2) is 36.7 Å². The zero-order chi connectivity index (χ0) is 23.8. The minimum absolute atomic E-state index is 0.273. The molecule has 0 spiro atoms. The van der Waals surface area contributed by atoms with Gasteiger partial charge in [0.2, 0.25) is 0 Å². The van der Waals surface area contributed by atoms with E-state index in [4.69, 9.17) is 4.98 Å². The second kappa shape index (κ2) is 8.73. The first-order valence-electron chi connectivity index (χ1n) is 11.4. The van der Waals surface area contributed by atoms with Crippen molar-refractivity contribution in [3.05, 3.63) is 84.6 Å². The number of rotatable bonds is 6. The molecule has 0 atom stereocenters. The lowest BCUT2D eigenvalue weighted by Gasteiger charge is -2.06. The van der Waals surface area contributed by atoms with Crippen molar-refractivity contribution in [1.29, 1.82) is 0 Å². The third-order valence-electron chi connectivity index (χ3n) is 6.04. The molecule has 7 nitrogen and oxygen atoms in total. The number of fused-ring (bicyclic) bond motifs is 2. The first kappa shape index (κ1) is 21.1. The van der Waals surface area contributed by atoms with Crippen LogP contribution in [0.4, 0.5) is 4.39 Å². The Morgan fingerprint density at radius 3 is 2.66 bits per heavy atom. The molecule has 0 aliphatic rings. The van der Waals surface area contributed by atoms with Gasteiger partial charge in [-0.2, -0.15) is 5.10 Å². The molecule has 6 aromatic rings. The van der Waals surface area contributed by atoms with Gasteiger partial charge < -0.3 is 10.3 Å². The maximum atomic E-state index is 13.4. The molecule has 0 saturated heterocycles. The quantitative estimate of drug-likeness (QED) is 0.304. The fraction of sp³-hybridized carbons (Fsp3) is 0.111. The van der Waals surface area contributed by atoms with Crippen molar-refractivity contribution in [2.24, 2.45) is 0 Å². The largest absolute Gasteiger partial charge is 0.335 e. The second-order valence-electron chi connectivity index (χ2n) is 8.34. The van der Waals surface area contributed by atoms with E-state index in [-0.39, 0.29) is 5.82 Å². The number of benzene rings is 2. The van der Waals surface area contributed by atoms with Crippen LogP contribution in [0, 0.1) is 5.82 Å². The van der Waals surface area contributed by atoms with Crippen molar-refractivity contribution < 1.29 is 4.39 Å². The average Bonchev–Trinajstić information content (AvgIpc) is 3.51. The summed E-state index contributed by atoms with van der Waals surface area (Å²) in [7, 11) is 0. The van der Waals surface area contributed by atoms with Crippen molar-refractivity contribution in [2.75, 3.05) is 6.54 Å². The molecule has 0 amide bonds. The molecule has 172 valence electrons. The molecular formula is C27H22FN7. The number of aromatic amines is 2. The maximum Gasteiger partial charge on any atom is 0.178 e. The number of nitrogens with zero attached hydrogens (tertiary/aromatic N) is 4. The Morgan fingerprint density at radius 1 is 0.943 bits per heavy atom. The first-order valence-corrected chi connectivity index (χ1v) is 11.4. The van der Waals surface area contributed by atoms with E-state index in [0.29, 0.717) is 17.2 Å². The van der Waals surface area contributed by atoms with Crippen LogP contribution in [0.1, 0.15) is 12.5 Å². The SMILES string of the molecule is CCNCc1cncc(-c2ccc3[nH]nc(-c4nc5nccc(-c6ccc(F)cc6)c5[nH]4)c3c2)c1. The highest BCUT2D eigenvalue weighted by atomic mass is 19.1. The van der Waals surface area contributed by atoms with Gasteiger partial charge >= 0.3 is 0 Å². The molecule has 35 heavy (non-hydrogen) atoms. The van der Waals surface area contributed by atoms with Crippen LogP contribution in [-0.2, 0) is 6.54 Å². The molecule has 0 fully saturated rings. The summed E-state index contributed by atoms with van der Waals surface area (Å²) in [6.45, 7) is 3.77. The molecule has 2 aromatic carbocycles. The summed E-state index contributed by atoms with van der Waals surface area (Å²) >= 11 is 0. The normalized spacial score (nSPS) is 11.5. The molecule has 8 heteroatoms. The number of nitrogens with one attached hydrogen (secondary N) is 3. The van der Waals surface area contributed by atoms with E-state index in [2.05, 4.69) is 55.6 Å². The summed E-state index contributed by atoms with van der Waals surface area (Å²) in [5.41, 5.74) is 7.98. The van der Waals surface area contributed by atoms with Crippen LogP contribution in [0.2, 0.25) is 0 Å². The van der Waals surface area contributed by atoms with Gasteiger partial charge in [0, 0.05) is 41.6 Å². The topological polar surface area (TPSA) is 95.2 Å². The molecule has 0 bridgehead atoms. The Morgan fingerprint density at radius 2 is 1.80 bits per heavy atom. The maximum absolute atomic E-state index is 13.4. The second-order valence-corrected chi connectivity index (χ2v) is 8.34. The number of halogens is 1. The monoisotopic (exact) mass is 463 g/mol. The van der Waals surface area contributed by atoms with Gasteiger partial charge in [-0.25, -0.2) is 14.4 Å². The molecule has 3 N–H and O–H groups in total. The van der Waals surface area contributed by atoms with E-state index >= 15 is 0 Å². The van der Waals surface area contributed by atoms with E-state index in [9.17, 15) is 4.39 Å². The van der Waals surface area contributed by atoms with Crippen LogP contribution in [0.15, 0.2) is 73.2 Å². The van der Waals surface area contributed by atoms with E-state index in [1.165, 1.54) is 12.1 Å². The van der Waals surface area contributed by atoms with Crippen LogP contribution >= 0.6 is 0 Å². The smallest absolute Gasteiger partial charge is 0.178 e. The van der Waals surface area contributed by atoms with Crippen LogP contribution in [0.5, 0.6) is 0 Å². The molecule has 4 aromatic heterocycles. The van der Waals surface area contributed by atoms with E-state index in [1.807, 2.05) is 24.5 Å². The lowest BCUT2D eigenvalue weighted by Crippen LogP contribution is -2.11. The van der Waals surface area contributed by atoms with Crippen molar-refractivity contribution in [2.45, 2.75) is 13.5 Å². The molecular weight excluding hydrogens is 441 g/mol. The number of pyridine rings is 2. The lowest BCUT2D eigenvalue weighted by molar-refractivity contribution is 0.628. The van der Waals surface area contributed by atoms with Gasteiger partial charge in [0.1, 0.15) is 11.5 Å². The van der Waals surface area contributed by atoms with Crippen molar-refractivity contribution in [1.82, 2.24) is 35.5 Å². The number of hydrogen-bond donors (Lipinski definition) is 3. The molecule has 0 saturated carbocycles. The van der Waals surface area contributed by atoms with Gasteiger partial charge in [0.05, 0.1) is 11.0 Å². The van der Waals surface area contributed by atoms with Crippen molar-refractivity contribution in [3.8, 4) is 33.8 Å². The Balaban J connectivity index is 1.43. The Hall–Kier alpha value is -4.43. The first-order chi connectivity index (χ1) is 17.2. The summed E-state index contributed by atoms with van der Waals surface area (Å²) in [5.74, 6) is 0.343. The number of H-pyrrole nitrogens is 2. The van der Waals surface area contributed by atoms with Gasteiger partial charge in [-0.3, -0.25) is 10.1 Å². The van der Waals surface area contributed by atoms with Gasteiger partial charge in [-0.05, 0) is 59.6 Å². The molecule has 0 unspecified atom stereocenters. The number of aromatic nitrogens is 6. The summed E-state index contributed by atoms with van der Waals surface area (Å²) in [6, 6.07) is 16.6. The predicted octanol–water partition coefficient (Wildman–Crippen LogP) is 5.48. The highest BCUT2D eigenvalue weighted by molar-refractivity contribution is 5.97. The van der Waals surface area contributed by atoms with Crippen molar-refractivity contribution in [3.63, 3.8) is 0 Å². The van der Waals surface area contributed by atoms with Gasteiger partial charge in [-0.1, -0.05) is 25.1 Å². The minimum Gasteiger partial charge on any atom is -0.335 e. The molecule has 0 aliphatic heterocycles. The summed E-state index contributed by atoms with van der Waals surface area (Å²) in [6.07, 6.45) is 5.46. The summed E-state index contributed by atoms with van der Waals surface area (Å²) < 4.78 is 13.4. The van der Waals surface area contributed by atoms with Gasteiger partial charge in [0.25, 0.3) is 0 Å². The lowest BCUT2D eigenvalue weighted by atomic mass is 10.0. The zero-order valence-electron chi connectivity index (χ0n) is 19.0. The molecule has 4 heterocycles. The van der Waals surface area contributed by atoms with Crippen LogP contribution in [0.25, 0.3) is 55.8 Å². The van der Waals surface area contributed by atoms with E-state index < -0.39 is 0 Å². The Kier molecular flexibility index (Phi) is 5.27. The summed E-state index contributed by atoms with van der Waals surface area (Å²) in [5, 5.41) is 11.9. The summed E-state index contributed by atoms with van der Waals surface area (Å²) in [4.78, 5) is 17.0. The van der Waals surface area contributed by atoms with Crippen molar-refractivity contribution >= 4 is 22.1 Å². The van der Waals surface area contributed by atoms with Crippen LogP contribution < -0.4 is 5.32 Å². The molecule has 0 radical (unpaired) electrons. The highest BCUT2D eigenvalue weighted by Gasteiger charge is 2.16. The standard InChI is InChI=1S/C27H22FN7/c1-2-29-13-16-11-19(15-30-14-16)18-5-8-23-22(12-18)25(35-34-23)27-32-24-21(9-10-31-26(24)33-27)17-3-6-20(28)7-4-17/h3-12,14-15,29H,2,13H2,1H3,(H,34,35)(H,31,32,33). The minimum atomic E-state index is -0.273. The third kappa shape index (κ3) is 3.94. The zero-order valence-corrected chi connectivity index (χ0v) is 19.0. The average molecular weight is 464 g/mol. The molecule has 0 aliphatic carbocycles. The van der Waals surface area contributed by atoms with Gasteiger partial charge in [0.15, 0.2) is 11.5 Å². The van der Waals surface area contributed by atoms with Gasteiger partial charge in [-0.15, -0.1) is 0 Å². The van der Waals surface area contributed by atoms with E-state index in [0.717, 1.165) is 57.3 Å². The Bertz CT molecular complexity index is 1650. The van der Waals surface area contributed by atoms with E-state index in [1.54, 1.807) is 18.3 Å². The fourth-order valence-electron chi connectivity index (χ4n) is 4.28. The predicted molar refractivity (Wildman–Crippen MR) is 135 cm³/mol. The highest BCUT2D eigenvalue weighted by Crippen LogP contribution is 2.32. The molecule has 6 rings (SSSR count). The number of hydrogen-bond acceptors (Lipinski definition) is 5.